The zero-order valence-corrected chi connectivity index (χ0v) is 14.4. The summed E-state index contributed by atoms with van der Waals surface area (Å²) in [6.45, 7) is 7.86. The highest BCUT2D eigenvalue weighted by atomic mass is 32.2. The molecule has 122 valence electrons. The van der Waals surface area contributed by atoms with Crippen molar-refractivity contribution in [3.63, 3.8) is 0 Å². The van der Waals surface area contributed by atoms with Gasteiger partial charge in [-0.25, -0.2) is 4.79 Å². The molecule has 1 aromatic rings. The highest BCUT2D eigenvalue weighted by Gasteiger charge is 2.35. The minimum atomic E-state index is -0.965. The highest BCUT2D eigenvalue weighted by Crippen LogP contribution is 2.34. The van der Waals surface area contributed by atoms with Crippen molar-refractivity contribution in [2.45, 2.75) is 39.8 Å². The molecule has 2 rings (SSSR count). The lowest BCUT2D eigenvalue weighted by molar-refractivity contribution is -0.123. The molecule has 6 heteroatoms. The predicted molar refractivity (Wildman–Crippen MR) is 93.5 cm³/mol. The van der Waals surface area contributed by atoms with Gasteiger partial charge in [-0.05, 0) is 63.2 Å². The first kappa shape index (κ1) is 17.3. The zero-order chi connectivity index (χ0) is 17.1. The summed E-state index contributed by atoms with van der Waals surface area (Å²) < 4.78 is 0. The lowest BCUT2D eigenvalue weighted by Crippen LogP contribution is -2.35. The average molecular weight is 332 g/mol. The molecule has 1 N–H and O–H groups in total. The largest absolute Gasteiger partial charge is 0.478 e. The average Bonchev–Trinajstić information content (AvgIpc) is 2.74. The number of rotatable bonds is 4. The molecule has 5 nitrogen and oxygen atoms in total. The van der Waals surface area contributed by atoms with Crippen molar-refractivity contribution in [2.24, 2.45) is 4.99 Å². The number of amidine groups is 1. The molecule has 0 bridgehead atoms. The van der Waals surface area contributed by atoms with Crippen LogP contribution in [0.4, 0.5) is 0 Å². The minimum absolute atomic E-state index is 0.0350. The molecule has 23 heavy (non-hydrogen) atoms. The van der Waals surface area contributed by atoms with Gasteiger partial charge in [0.05, 0.1) is 10.5 Å². The van der Waals surface area contributed by atoms with E-state index in [9.17, 15) is 9.59 Å². The number of carboxylic acid groups (broad SMARTS) is 1. The summed E-state index contributed by atoms with van der Waals surface area (Å²) in [6, 6.07) is 6.60. The molecule has 0 aliphatic carbocycles. The smallest absolute Gasteiger partial charge is 0.335 e. The number of hydrogen-bond donors (Lipinski definition) is 1. The Balaban J connectivity index is 2.32. The second-order valence-electron chi connectivity index (χ2n) is 5.81. The Morgan fingerprint density at radius 2 is 1.83 bits per heavy atom. The molecule has 0 unspecified atom stereocenters. The van der Waals surface area contributed by atoms with Crippen molar-refractivity contribution < 1.29 is 14.7 Å². The van der Waals surface area contributed by atoms with Gasteiger partial charge in [0, 0.05) is 12.1 Å². The zero-order valence-electron chi connectivity index (χ0n) is 13.6. The van der Waals surface area contributed by atoms with Crippen LogP contribution in [0.3, 0.4) is 0 Å². The quantitative estimate of drug-likeness (QED) is 0.857. The van der Waals surface area contributed by atoms with E-state index >= 15 is 0 Å². The van der Waals surface area contributed by atoms with E-state index in [1.165, 1.54) is 23.9 Å². The number of hydrogen-bond acceptors (Lipinski definition) is 4. The van der Waals surface area contributed by atoms with Crippen LogP contribution in [0, 0.1) is 0 Å². The van der Waals surface area contributed by atoms with Gasteiger partial charge in [-0.15, -0.1) is 0 Å². The molecule has 0 spiro atoms. The van der Waals surface area contributed by atoms with E-state index in [-0.39, 0.29) is 23.6 Å². The van der Waals surface area contributed by atoms with Crippen molar-refractivity contribution >= 4 is 34.9 Å². The van der Waals surface area contributed by atoms with Crippen molar-refractivity contribution in [1.82, 2.24) is 4.90 Å². The summed E-state index contributed by atoms with van der Waals surface area (Å²) in [5, 5.41) is 9.64. The van der Waals surface area contributed by atoms with E-state index in [2.05, 4.69) is 4.99 Å². The molecule has 1 aliphatic heterocycles. The molecule has 1 aromatic carbocycles. The number of benzene rings is 1. The Kier molecular flexibility index (Phi) is 5.26. The van der Waals surface area contributed by atoms with Crippen molar-refractivity contribution in [1.29, 1.82) is 0 Å². The SMILES string of the molecule is CC(C)N=C1S/C(=C/c2ccc(C(=O)O)cc2)C(=O)N1C(C)C. The van der Waals surface area contributed by atoms with Gasteiger partial charge in [-0.3, -0.25) is 14.7 Å². The fraction of sp³-hybridized carbons (Fsp3) is 0.353. The van der Waals surface area contributed by atoms with Crippen LogP contribution >= 0.6 is 11.8 Å². The lowest BCUT2D eigenvalue weighted by atomic mass is 10.1. The van der Waals surface area contributed by atoms with Gasteiger partial charge in [-0.2, -0.15) is 0 Å². The number of nitrogens with zero attached hydrogens (tertiary/aromatic N) is 2. The summed E-state index contributed by atoms with van der Waals surface area (Å²) >= 11 is 1.36. The van der Waals surface area contributed by atoms with Crippen LogP contribution in [0.15, 0.2) is 34.2 Å². The van der Waals surface area contributed by atoms with E-state index in [4.69, 9.17) is 5.11 Å². The van der Waals surface area contributed by atoms with Gasteiger partial charge in [0.25, 0.3) is 5.91 Å². The Labute approximate surface area is 140 Å². The van der Waals surface area contributed by atoms with Crippen LogP contribution in [0.25, 0.3) is 6.08 Å². The molecule has 1 heterocycles. The molecule has 0 aromatic heterocycles. The number of carbonyl (C=O) groups excluding carboxylic acids is 1. The predicted octanol–water partition coefficient (Wildman–Crippen LogP) is 3.47. The molecule has 0 saturated carbocycles. The Morgan fingerprint density at radius 3 is 2.30 bits per heavy atom. The monoisotopic (exact) mass is 332 g/mol. The van der Waals surface area contributed by atoms with Crippen molar-refractivity contribution in [2.75, 3.05) is 0 Å². The molecule has 0 radical (unpaired) electrons. The first-order chi connectivity index (χ1) is 10.8. The number of thioether (sulfide) groups is 1. The van der Waals surface area contributed by atoms with Gasteiger partial charge in [0.15, 0.2) is 5.17 Å². The van der Waals surface area contributed by atoms with E-state index in [0.717, 1.165) is 5.56 Å². The minimum Gasteiger partial charge on any atom is -0.478 e. The normalized spacial score (nSPS) is 18.7. The summed E-state index contributed by atoms with van der Waals surface area (Å²) in [7, 11) is 0. The molecule has 1 fully saturated rings. The Hall–Kier alpha value is -2.08. The lowest BCUT2D eigenvalue weighted by Gasteiger charge is -2.20. The molecule has 0 atom stereocenters. The summed E-state index contributed by atoms with van der Waals surface area (Å²) in [5.74, 6) is -1.03. The van der Waals surface area contributed by atoms with E-state index in [1.54, 1.807) is 23.1 Å². The second-order valence-corrected chi connectivity index (χ2v) is 6.82. The summed E-state index contributed by atoms with van der Waals surface area (Å²) in [4.78, 5) is 30.3. The van der Waals surface area contributed by atoms with Gasteiger partial charge >= 0.3 is 5.97 Å². The third kappa shape index (κ3) is 4.01. The first-order valence-electron chi connectivity index (χ1n) is 7.44. The number of carboxylic acids is 1. The van der Waals surface area contributed by atoms with Gasteiger partial charge < -0.3 is 5.11 Å². The topological polar surface area (TPSA) is 70.0 Å². The molecule has 1 amide bonds. The van der Waals surface area contributed by atoms with E-state index in [1.807, 2.05) is 27.7 Å². The number of aliphatic imine (C=N–C) groups is 1. The molecular weight excluding hydrogens is 312 g/mol. The summed E-state index contributed by atoms with van der Waals surface area (Å²) in [6.07, 6.45) is 1.77. The van der Waals surface area contributed by atoms with Crippen LogP contribution in [0.2, 0.25) is 0 Å². The van der Waals surface area contributed by atoms with E-state index in [0.29, 0.717) is 10.1 Å². The molecule has 1 aliphatic rings. The Morgan fingerprint density at radius 1 is 1.22 bits per heavy atom. The first-order valence-corrected chi connectivity index (χ1v) is 8.25. The van der Waals surface area contributed by atoms with Crippen molar-refractivity contribution in [3.05, 3.63) is 40.3 Å². The van der Waals surface area contributed by atoms with Crippen LogP contribution in [-0.4, -0.2) is 39.1 Å². The standard InChI is InChI=1S/C17H20N2O3S/c1-10(2)18-17-19(11(3)4)15(20)14(23-17)9-12-5-7-13(8-6-12)16(21)22/h5-11H,1-4H3,(H,21,22)/b14-9+,18-17?. The van der Waals surface area contributed by atoms with Crippen LogP contribution in [0.1, 0.15) is 43.6 Å². The van der Waals surface area contributed by atoms with Crippen LogP contribution in [-0.2, 0) is 4.79 Å². The highest BCUT2D eigenvalue weighted by molar-refractivity contribution is 8.18. The summed E-state index contributed by atoms with van der Waals surface area (Å²) in [5.41, 5.74) is 1.02. The van der Waals surface area contributed by atoms with Crippen LogP contribution < -0.4 is 0 Å². The number of aromatic carboxylic acids is 1. The number of amides is 1. The second kappa shape index (κ2) is 7.00. The fourth-order valence-corrected chi connectivity index (χ4v) is 3.36. The maximum absolute atomic E-state index is 12.6. The maximum atomic E-state index is 12.6. The fourth-order valence-electron chi connectivity index (χ4n) is 2.13. The molecular formula is C17H20N2O3S. The van der Waals surface area contributed by atoms with Crippen molar-refractivity contribution in [3.8, 4) is 0 Å². The van der Waals surface area contributed by atoms with Gasteiger partial charge in [0.2, 0.25) is 0 Å². The third-order valence-corrected chi connectivity index (χ3v) is 4.17. The number of carbonyl (C=O) groups is 2. The van der Waals surface area contributed by atoms with Gasteiger partial charge in [-0.1, -0.05) is 12.1 Å². The maximum Gasteiger partial charge on any atom is 0.335 e. The van der Waals surface area contributed by atoms with Crippen LogP contribution in [0.5, 0.6) is 0 Å². The third-order valence-electron chi connectivity index (χ3n) is 3.18. The Bertz CT molecular complexity index is 676. The van der Waals surface area contributed by atoms with E-state index < -0.39 is 5.97 Å². The molecule has 1 saturated heterocycles. The van der Waals surface area contributed by atoms with Gasteiger partial charge in [0.1, 0.15) is 0 Å².